The van der Waals surface area contributed by atoms with Gasteiger partial charge in [-0.15, -0.1) is 11.3 Å². The fourth-order valence-electron chi connectivity index (χ4n) is 1.78. The summed E-state index contributed by atoms with van der Waals surface area (Å²) in [6, 6.07) is 10.5. The van der Waals surface area contributed by atoms with E-state index >= 15 is 0 Å². The van der Waals surface area contributed by atoms with Gasteiger partial charge >= 0.3 is 0 Å². The molecule has 1 aromatic carbocycles. The van der Waals surface area contributed by atoms with E-state index in [1.165, 1.54) is 11.3 Å². The maximum absolute atomic E-state index is 12.2. The largest absolute Gasteiger partial charge is 0.250 e. The van der Waals surface area contributed by atoms with Crippen LogP contribution < -0.4 is 4.72 Å². The number of halogens is 2. The molecule has 3 nitrogen and oxygen atoms in total. The van der Waals surface area contributed by atoms with Crippen molar-refractivity contribution in [2.24, 2.45) is 0 Å². The summed E-state index contributed by atoms with van der Waals surface area (Å²) in [7, 11) is -3.45. The van der Waals surface area contributed by atoms with Crippen molar-refractivity contribution >= 4 is 48.9 Å². The van der Waals surface area contributed by atoms with Crippen molar-refractivity contribution in [1.29, 1.82) is 0 Å². The third kappa shape index (κ3) is 4.30. The average molecular weight is 395 g/mol. The Kier molecular flexibility index (Phi) is 5.25. The first-order valence-corrected chi connectivity index (χ1v) is 9.36. The summed E-state index contributed by atoms with van der Waals surface area (Å²) in [6.07, 6.45) is 0.614. The van der Waals surface area contributed by atoms with E-state index in [1.54, 1.807) is 24.3 Å². The van der Waals surface area contributed by atoms with Crippen LogP contribution in [-0.2, 0) is 16.4 Å². The molecule has 0 saturated carbocycles. The normalized spacial score (nSPS) is 13.3. The first-order valence-electron chi connectivity index (χ1n) is 5.89. The van der Waals surface area contributed by atoms with E-state index in [1.807, 2.05) is 19.1 Å². The van der Waals surface area contributed by atoms with E-state index in [0.29, 0.717) is 15.7 Å². The van der Waals surface area contributed by atoms with Gasteiger partial charge in [0.1, 0.15) is 4.21 Å². The molecule has 0 bridgehead atoms. The topological polar surface area (TPSA) is 46.2 Å². The van der Waals surface area contributed by atoms with Gasteiger partial charge in [-0.05, 0) is 59.1 Å². The van der Waals surface area contributed by atoms with Gasteiger partial charge in [-0.2, -0.15) is 0 Å². The highest BCUT2D eigenvalue weighted by Crippen LogP contribution is 2.26. The van der Waals surface area contributed by atoms with Crippen LogP contribution in [0.15, 0.2) is 44.4 Å². The third-order valence-electron chi connectivity index (χ3n) is 2.62. The lowest BCUT2D eigenvalue weighted by molar-refractivity contribution is 0.562. The maximum Gasteiger partial charge on any atom is 0.250 e. The van der Waals surface area contributed by atoms with Gasteiger partial charge in [-0.1, -0.05) is 23.7 Å². The Labute approximate surface area is 136 Å². The molecule has 1 aromatic heterocycles. The Morgan fingerprint density at radius 3 is 2.45 bits per heavy atom. The summed E-state index contributed by atoms with van der Waals surface area (Å²) < 4.78 is 28.1. The summed E-state index contributed by atoms with van der Waals surface area (Å²) in [6.45, 7) is 1.84. The molecule has 0 radical (unpaired) electrons. The fraction of sp³-hybridized carbons (Fsp3) is 0.231. The number of benzene rings is 1. The summed E-state index contributed by atoms with van der Waals surface area (Å²) in [5.41, 5.74) is 1.04. The quantitative estimate of drug-likeness (QED) is 0.831. The van der Waals surface area contributed by atoms with Crippen LogP contribution in [0.3, 0.4) is 0 Å². The highest BCUT2D eigenvalue weighted by molar-refractivity contribution is 9.11. The van der Waals surface area contributed by atoms with Gasteiger partial charge in [0.25, 0.3) is 0 Å². The minimum absolute atomic E-state index is 0.193. The lowest BCUT2D eigenvalue weighted by atomic mass is 10.1. The van der Waals surface area contributed by atoms with Crippen molar-refractivity contribution in [3.8, 4) is 0 Å². The predicted molar refractivity (Wildman–Crippen MR) is 87.0 cm³/mol. The second-order valence-corrected chi connectivity index (χ2v) is 9.25. The lowest BCUT2D eigenvalue weighted by Crippen LogP contribution is -2.33. The second kappa shape index (κ2) is 6.58. The number of hydrogen-bond acceptors (Lipinski definition) is 3. The number of thiophene rings is 1. The monoisotopic (exact) mass is 393 g/mol. The maximum atomic E-state index is 12.2. The van der Waals surface area contributed by atoms with Crippen molar-refractivity contribution < 1.29 is 8.42 Å². The Balaban J connectivity index is 2.04. The van der Waals surface area contributed by atoms with Gasteiger partial charge in [-0.25, -0.2) is 13.1 Å². The fourth-order valence-corrected chi connectivity index (χ4v) is 5.18. The third-order valence-corrected chi connectivity index (χ3v) is 6.58. The Morgan fingerprint density at radius 2 is 1.90 bits per heavy atom. The van der Waals surface area contributed by atoms with E-state index in [0.717, 1.165) is 9.35 Å². The molecule has 0 fully saturated rings. The van der Waals surface area contributed by atoms with E-state index in [4.69, 9.17) is 11.6 Å². The minimum Gasteiger partial charge on any atom is -0.207 e. The van der Waals surface area contributed by atoms with Crippen LogP contribution in [0.25, 0.3) is 0 Å². The van der Waals surface area contributed by atoms with Gasteiger partial charge < -0.3 is 0 Å². The van der Waals surface area contributed by atoms with Crippen LogP contribution in [0.1, 0.15) is 12.5 Å². The molecule has 0 aliphatic rings. The van der Waals surface area contributed by atoms with Crippen LogP contribution in [-0.4, -0.2) is 14.5 Å². The zero-order valence-corrected chi connectivity index (χ0v) is 14.6. The SMILES string of the molecule is CC(Cc1ccc(Cl)cc1)NS(=O)(=O)c1ccc(Br)s1. The first kappa shape index (κ1) is 16.0. The van der Waals surface area contributed by atoms with Gasteiger partial charge in [-0.3, -0.25) is 0 Å². The molecule has 2 aromatic rings. The molecule has 0 amide bonds. The number of hydrogen-bond donors (Lipinski definition) is 1. The van der Waals surface area contributed by atoms with Gasteiger partial charge in [0.15, 0.2) is 0 Å². The standard InChI is InChI=1S/C13H13BrClNO2S2/c1-9(8-10-2-4-11(15)5-3-10)16-20(17,18)13-7-6-12(14)19-13/h2-7,9,16H,8H2,1H3. The molecule has 0 aliphatic carbocycles. The molecule has 0 aliphatic heterocycles. The van der Waals surface area contributed by atoms with E-state index in [-0.39, 0.29) is 6.04 Å². The molecule has 20 heavy (non-hydrogen) atoms. The summed E-state index contributed by atoms with van der Waals surface area (Å²) in [5, 5.41) is 0.672. The smallest absolute Gasteiger partial charge is 0.207 e. The van der Waals surface area contributed by atoms with Crippen LogP contribution >= 0.6 is 38.9 Å². The molecule has 1 atom stereocenters. The molecule has 1 unspecified atom stereocenters. The molecule has 0 spiro atoms. The Hall–Kier alpha value is -0.400. The Bertz CT molecular complexity index is 683. The number of sulfonamides is 1. The predicted octanol–water partition coefficient (Wildman–Crippen LogP) is 4.07. The molecule has 0 saturated heterocycles. The molecule has 1 heterocycles. The molecular formula is C13H13BrClNO2S2. The van der Waals surface area contributed by atoms with Crippen LogP contribution in [0.4, 0.5) is 0 Å². The van der Waals surface area contributed by atoms with Crippen molar-refractivity contribution in [3.05, 3.63) is 50.8 Å². The molecule has 1 N–H and O–H groups in total. The highest BCUT2D eigenvalue weighted by Gasteiger charge is 2.19. The zero-order chi connectivity index (χ0) is 14.8. The molecule has 7 heteroatoms. The number of rotatable bonds is 5. The molecule has 108 valence electrons. The lowest BCUT2D eigenvalue weighted by Gasteiger charge is -2.13. The van der Waals surface area contributed by atoms with Crippen molar-refractivity contribution in [3.63, 3.8) is 0 Å². The average Bonchev–Trinajstić information content (AvgIpc) is 2.79. The minimum atomic E-state index is -3.45. The van der Waals surface area contributed by atoms with E-state index < -0.39 is 10.0 Å². The van der Waals surface area contributed by atoms with E-state index in [2.05, 4.69) is 20.7 Å². The van der Waals surface area contributed by atoms with Crippen molar-refractivity contribution in [2.75, 3.05) is 0 Å². The highest BCUT2D eigenvalue weighted by atomic mass is 79.9. The van der Waals surface area contributed by atoms with Gasteiger partial charge in [0, 0.05) is 11.1 Å². The second-order valence-electron chi connectivity index (χ2n) is 4.41. The zero-order valence-electron chi connectivity index (χ0n) is 10.6. The van der Waals surface area contributed by atoms with Crippen LogP contribution in [0.2, 0.25) is 5.02 Å². The Morgan fingerprint density at radius 1 is 1.25 bits per heavy atom. The van der Waals surface area contributed by atoms with Crippen molar-refractivity contribution in [1.82, 2.24) is 4.72 Å². The van der Waals surface area contributed by atoms with Gasteiger partial charge in [0.2, 0.25) is 10.0 Å². The first-order chi connectivity index (χ1) is 9.37. The van der Waals surface area contributed by atoms with E-state index in [9.17, 15) is 8.42 Å². The van der Waals surface area contributed by atoms with Crippen LogP contribution in [0.5, 0.6) is 0 Å². The summed E-state index contributed by atoms with van der Waals surface area (Å²) in [5.74, 6) is 0. The summed E-state index contributed by atoms with van der Waals surface area (Å²) in [4.78, 5) is 0. The number of nitrogens with one attached hydrogen (secondary N) is 1. The molecular weight excluding hydrogens is 382 g/mol. The van der Waals surface area contributed by atoms with Gasteiger partial charge in [0.05, 0.1) is 3.79 Å². The van der Waals surface area contributed by atoms with Crippen LogP contribution in [0, 0.1) is 0 Å². The molecule has 2 rings (SSSR count). The van der Waals surface area contributed by atoms with Crippen molar-refractivity contribution in [2.45, 2.75) is 23.6 Å². The summed E-state index contributed by atoms with van der Waals surface area (Å²) >= 11 is 10.3.